The fourth-order valence-electron chi connectivity index (χ4n) is 3.00. The van der Waals surface area contributed by atoms with Crippen LogP contribution in [-0.4, -0.2) is 47.2 Å². The van der Waals surface area contributed by atoms with Gasteiger partial charge in [0, 0.05) is 24.6 Å². The predicted molar refractivity (Wildman–Crippen MR) is 89.9 cm³/mol. The highest BCUT2D eigenvalue weighted by atomic mass is 19.3. The number of alkyl halides is 2. The first-order chi connectivity index (χ1) is 11.7. The van der Waals surface area contributed by atoms with Crippen LogP contribution >= 0.6 is 0 Å². The first-order valence-electron chi connectivity index (χ1n) is 8.21. The molecule has 25 heavy (non-hydrogen) atoms. The molecule has 1 aliphatic rings. The minimum Gasteiger partial charge on any atom is -0.480 e. The van der Waals surface area contributed by atoms with Crippen molar-refractivity contribution in [1.82, 2.24) is 10.2 Å². The largest absolute Gasteiger partial charge is 0.480 e. The summed E-state index contributed by atoms with van der Waals surface area (Å²) in [5.41, 5.74) is -0.167. The SMILES string of the molecule is CCN(CC(=O)O)C1CC(NC(=O)Nc2ccccc2C(C)(F)F)C1. The molecule has 8 heteroatoms. The Morgan fingerprint density at radius 1 is 1.32 bits per heavy atom. The number of benzene rings is 1. The number of aliphatic carboxylic acids is 1. The van der Waals surface area contributed by atoms with E-state index in [2.05, 4.69) is 10.6 Å². The molecule has 1 fully saturated rings. The second kappa shape index (κ2) is 7.77. The molecule has 0 heterocycles. The molecule has 1 aromatic carbocycles. The standard InChI is InChI=1S/C17H23F2N3O3/c1-3-22(10-15(23)24)12-8-11(9-12)20-16(25)21-14-7-5-4-6-13(14)17(2,18)19/h4-7,11-12H,3,8-10H2,1-2H3,(H,23,24)(H2,20,21,25). The van der Waals surface area contributed by atoms with Gasteiger partial charge in [-0.25, -0.2) is 13.6 Å². The molecule has 0 atom stereocenters. The van der Waals surface area contributed by atoms with Crippen molar-refractivity contribution in [1.29, 1.82) is 0 Å². The van der Waals surface area contributed by atoms with Crippen LogP contribution < -0.4 is 10.6 Å². The molecule has 0 aliphatic heterocycles. The Morgan fingerprint density at radius 3 is 2.52 bits per heavy atom. The number of rotatable bonds is 7. The highest BCUT2D eigenvalue weighted by Crippen LogP contribution is 2.33. The van der Waals surface area contributed by atoms with Gasteiger partial charge in [-0.05, 0) is 25.5 Å². The van der Waals surface area contributed by atoms with Gasteiger partial charge in [-0.1, -0.05) is 25.1 Å². The summed E-state index contributed by atoms with van der Waals surface area (Å²) in [5, 5.41) is 14.1. The highest BCUT2D eigenvalue weighted by Gasteiger charge is 2.35. The number of carbonyl (C=O) groups excluding carboxylic acids is 1. The number of hydrogen-bond acceptors (Lipinski definition) is 3. The van der Waals surface area contributed by atoms with Gasteiger partial charge in [-0.15, -0.1) is 0 Å². The summed E-state index contributed by atoms with van der Waals surface area (Å²) in [5.74, 6) is -3.93. The minimum atomic E-state index is -3.05. The number of anilines is 1. The molecule has 2 rings (SSSR count). The van der Waals surface area contributed by atoms with Gasteiger partial charge in [-0.2, -0.15) is 0 Å². The summed E-state index contributed by atoms with van der Waals surface area (Å²) < 4.78 is 27.1. The number of carboxylic acid groups (broad SMARTS) is 1. The van der Waals surface area contributed by atoms with Gasteiger partial charge in [-0.3, -0.25) is 9.69 Å². The number of hydrogen-bond donors (Lipinski definition) is 3. The van der Waals surface area contributed by atoms with E-state index >= 15 is 0 Å². The highest BCUT2D eigenvalue weighted by molar-refractivity contribution is 5.90. The van der Waals surface area contributed by atoms with E-state index in [1.807, 2.05) is 11.8 Å². The molecule has 1 saturated carbocycles. The average molecular weight is 355 g/mol. The summed E-state index contributed by atoms with van der Waals surface area (Å²) >= 11 is 0. The van der Waals surface area contributed by atoms with Crippen LogP contribution in [-0.2, 0) is 10.7 Å². The number of carbonyl (C=O) groups is 2. The van der Waals surface area contributed by atoms with E-state index in [-0.39, 0.29) is 29.9 Å². The van der Waals surface area contributed by atoms with Crippen molar-refractivity contribution >= 4 is 17.7 Å². The second-order valence-electron chi connectivity index (χ2n) is 6.31. The van der Waals surface area contributed by atoms with Gasteiger partial charge in [0.1, 0.15) is 0 Å². The Balaban J connectivity index is 1.86. The molecule has 1 aromatic rings. The van der Waals surface area contributed by atoms with Crippen LogP contribution in [0.2, 0.25) is 0 Å². The lowest BCUT2D eigenvalue weighted by molar-refractivity contribution is -0.139. The van der Waals surface area contributed by atoms with E-state index < -0.39 is 17.9 Å². The molecular weight excluding hydrogens is 332 g/mol. The Labute approximate surface area is 145 Å². The van der Waals surface area contributed by atoms with Crippen LogP contribution in [0.15, 0.2) is 24.3 Å². The second-order valence-corrected chi connectivity index (χ2v) is 6.31. The normalized spacial score (nSPS) is 20.0. The van der Waals surface area contributed by atoms with Crippen LogP contribution in [0.3, 0.4) is 0 Å². The van der Waals surface area contributed by atoms with Gasteiger partial charge in [0.2, 0.25) is 0 Å². The first-order valence-corrected chi connectivity index (χ1v) is 8.21. The number of urea groups is 1. The lowest BCUT2D eigenvalue weighted by atomic mass is 9.85. The molecule has 0 saturated heterocycles. The molecule has 0 spiro atoms. The molecule has 2 amide bonds. The topological polar surface area (TPSA) is 81.7 Å². The monoisotopic (exact) mass is 355 g/mol. The van der Waals surface area contributed by atoms with E-state index in [1.54, 1.807) is 6.07 Å². The Hall–Kier alpha value is -2.22. The van der Waals surface area contributed by atoms with Crippen LogP contribution in [0, 0.1) is 0 Å². The van der Waals surface area contributed by atoms with Crippen molar-refractivity contribution in [3.05, 3.63) is 29.8 Å². The third-order valence-corrected chi connectivity index (χ3v) is 4.36. The Kier molecular flexibility index (Phi) is 5.94. The molecule has 0 bridgehead atoms. The van der Waals surface area contributed by atoms with Crippen LogP contribution in [0.1, 0.15) is 32.3 Å². The molecule has 1 aliphatic carbocycles. The van der Waals surface area contributed by atoms with E-state index in [1.165, 1.54) is 18.2 Å². The third-order valence-electron chi connectivity index (χ3n) is 4.36. The van der Waals surface area contributed by atoms with Gasteiger partial charge in [0.15, 0.2) is 0 Å². The lowest BCUT2D eigenvalue weighted by Crippen LogP contribution is -2.55. The van der Waals surface area contributed by atoms with Gasteiger partial charge in [0.05, 0.1) is 12.2 Å². The average Bonchev–Trinajstić information content (AvgIpc) is 2.47. The van der Waals surface area contributed by atoms with Crippen LogP contribution in [0.5, 0.6) is 0 Å². The fraction of sp³-hybridized carbons (Fsp3) is 0.529. The van der Waals surface area contributed by atoms with Gasteiger partial charge >= 0.3 is 12.0 Å². The molecule has 0 aromatic heterocycles. The summed E-state index contributed by atoms with van der Waals surface area (Å²) in [6.45, 7) is 3.26. The van der Waals surface area contributed by atoms with Gasteiger partial charge < -0.3 is 15.7 Å². The summed E-state index contributed by atoms with van der Waals surface area (Å²) in [6, 6.07) is 5.26. The summed E-state index contributed by atoms with van der Waals surface area (Å²) in [6.07, 6.45) is 1.28. The lowest BCUT2D eigenvalue weighted by Gasteiger charge is -2.42. The molecular formula is C17H23F2N3O3. The van der Waals surface area contributed by atoms with Crippen molar-refractivity contribution < 1.29 is 23.5 Å². The zero-order valence-corrected chi connectivity index (χ0v) is 14.3. The minimum absolute atomic E-state index is 0.0287. The number of likely N-dealkylation sites (N-methyl/N-ethyl adjacent to an activating group) is 1. The Bertz CT molecular complexity index is 628. The van der Waals surface area contributed by atoms with Crippen LogP contribution in [0.25, 0.3) is 0 Å². The summed E-state index contributed by atoms with van der Waals surface area (Å²) in [4.78, 5) is 24.7. The number of carboxylic acids is 1. The van der Waals surface area contributed by atoms with Crippen LogP contribution in [0.4, 0.5) is 19.3 Å². The van der Waals surface area contributed by atoms with Crippen molar-refractivity contribution in [2.24, 2.45) is 0 Å². The smallest absolute Gasteiger partial charge is 0.319 e. The molecule has 3 N–H and O–H groups in total. The number of nitrogens with one attached hydrogen (secondary N) is 2. The number of para-hydroxylation sites is 1. The maximum absolute atomic E-state index is 13.6. The molecule has 0 radical (unpaired) electrons. The maximum Gasteiger partial charge on any atom is 0.319 e. The Morgan fingerprint density at radius 2 is 1.96 bits per heavy atom. The zero-order valence-electron chi connectivity index (χ0n) is 14.3. The third kappa shape index (κ3) is 5.12. The predicted octanol–water partition coefficient (Wildman–Crippen LogP) is 2.86. The number of nitrogens with zero attached hydrogens (tertiary/aromatic N) is 1. The van der Waals surface area contributed by atoms with Crippen molar-refractivity contribution in [3.8, 4) is 0 Å². The maximum atomic E-state index is 13.6. The quantitative estimate of drug-likeness (QED) is 0.702. The number of halogens is 2. The van der Waals surface area contributed by atoms with Crippen molar-refractivity contribution in [2.45, 2.75) is 44.7 Å². The number of amides is 2. The van der Waals surface area contributed by atoms with E-state index in [9.17, 15) is 18.4 Å². The van der Waals surface area contributed by atoms with Crippen molar-refractivity contribution in [2.75, 3.05) is 18.4 Å². The molecule has 0 unspecified atom stereocenters. The van der Waals surface area contributed by atoms with Gasteiger partial charge in [0.25, 0.3) is 5.92 Å². The fourth-order valence-corrected chi connectivity index (χ4v) is 3.00. The summed E-state index contributed by atoms with van der Waals surface area (Å²) in [7, 11) is 0. The zero-order chi connectivity index (χ0) is 18.6. The van der Waals surface area contributed by atoms with E-state index in [4.69, 9.17) is 5.11 Å². The molecule has 138 valence electrons. The van der Waals surface area contributed by atoms with E-state index in [0.29, 0.717) is 19.4 Å². The van der Waals surface area contributed by atoms with Crippen molar-refractivity contribution in [3.63, 3.8) is 0 Å². The molecule has 6 nitrogen and oxygen atoms in total. The van der Waals surface area contributed by atoms with E-state index in [0.717, 1.165) is 6.92 Å². The first kappa shape index (κ1) is 19.1.